The summed E-state index contributed by atoms with van der Waals surface area (Å²) in [6.45, 7) is 16.3. The van der Waals surface area contributed by atoms with Crippen molar-refractivity contribution in [2.24, 2.45) is 5.92 Å². The largest absolute Gasteiger partial charge is 0.314 e. The molecule has 0 radical (unpaired) electrons. The summed E-state index contributed by atoms with van der Waals surface area (Å²) in [6.07, 6.45) is 3.79. The van der Waals surface area contributed by atoms with Crippen molar-refractivity contribution >= 4 is 0 Å². The van der Waals surface area contributed by atoms with Crippen LogP contribution in [0.25, 0.3) is 0 Å². The fourth-order valence-corrected chi connectivity index (χ4v) is 1.82. The van der Waals surface area contributed by atoms with Crippen LogP contribution >= 0.6 is 0 Å². The lowest BCUT2D eigenvalue weighted by atomic mass is 10.1. The molecule has 2 unspecified atom stereocenters. The van der Waals surface area contributed by atoms with Crippen LogP contribution in [0.4, 0.5) is 0 Å². The van der Waals surface area contributed by atoms with E-state index in [4.69, 9.17) is 0 Å². The van der Waals surface area contributed by atoms with Crippen molar-refractivity contribution in [3.05, 3.63) is 0 Å². The lowest BCUT2D eigenvalue weighted by Crippen LogP contribution is -2.34. The zero-order valence-corrected chi connectivity index (χ0v) is 12.1. The second kappa shape index (κ2) is 10.1. The van der Waals surface area contributed by atoms with Gasteiger partial charge in [-0.1, -0.05) is 34.1 Å². The average molecular weight is 228 g/mol. The number of nitrogens with one attached hydrogen (secondary N) is 1. The Morgan fingerprint density at radius 3 is 2.31 bits per heavy atom. The quantitative estimate of drug-likeness (QED) is 0.618. The van der Waals surface area contributed by atoms with Gasteiger partial charge in [0.2, 0.25) is 0 Å². The molecule has 0 saturated heterocycles. The van der Waals surface area contributed by atoms with Crippen molar-refractivity contribution in [3.8, 4) is 0 Å². The molecule has 0 saturated carbocycles. The van der Waals surface area contributed by atoms with Gasteiger partial charge in [0.1, 0.15) is 0 Å². The lowest BCUT2D eigenvalue weighted by Gasteiger charge is -2.25. The zero-order chi connectivity index (χ0) is 12.4. The molecule has 1 N–H and O–H groups in total. The second-order valence-corrected chi connectivity index (χ2v) is 5.05. The number of hydrogen-bond donors (Lipinski definition) is 1. The number of nitrogens with zero attached hydrogens (tertiary/aromatic N) is 1. The van der Waals surface area contributed by atoms with E-state index in [9.17, 15) is 0 Å². The Hall–Kier alpha value is -0.0800. The smallest absolute Gasteiger partial charge is 0.00508 e. The molecule has 2 atom stereocenters. The Morgan fingerprint density at radius 2 is 1.81 bits per heavy atom. The molecule has 0 rings (SSSR count). The maximum absolute atomic E-state index is 3.55. The third-order valence-electron chi connectivity index (χ3n) is 3.34. The number of hydrogen-bond acceptors (Lipinski definition) is 2. The Balaban J connectivity index is 3.68. The summed E-state index contributed by atoms with van der Waals surface area (Å²) in [6, 6.07) is 0.658. The van der Waals surface area contributed by atoms with Gasteiger partial charge in [0, 0.05) is 12.6 Å². The molecule has 0 bridgehead atoms. The van der Waals surface area contributed by atoms with Gasteiger partial charge in [-0.25, -0.2) is 0 Å². The van der Waals surface area contributed by atoms with Crippen LogP contribution in [-0.4, -0.2) is 37.1 Å². The first-order valence-electron chi connectivity index (χ1n) is 7.09. The summed E-state index contributed by atoms with van der Waals surface area (Å²) < 4.78 is 0. The molecule has 98 valence electrons. The van der Waals surface area contributed by atoms with Crippen LogP contribution in [-0.2, 0) is 0 Å². The van der Waals surface area contributed by atoms with Crippen molar-refractivity contribution in [1.29, 1.82) is 0 Å². The van der Waals surface area contributed by atoms with Gasteiger partial charge >= 0.3 is 0 Å². The van der Waals surface area contributed by atoms with Crippen molar-refractivity contribution < 1.29 is 0 Å². The molecule has 0 heterocycles. The molecular formula is C14H32N2. The second-order valence-electron chi connectivity index (χ2n) is 5.05. The van der Waals surface area contributed by atoms with E-state index in [1.165, 1.54) is 38.9 Å². The molecule has 0 fully saturated rings. The van der Waals surface area contributed by atoms with Gasteiger partial charge in [0.05, 0.1) is 0 Å². The van der Waals surface area contributed by atoms with E-state index in [0.717, 1.165) is 12.5 Å². The van der Waals surface area contributed by atoms with Crippen LogP contribution in [0.3, 0.4) is 0 Å². The summed E-state index contributed by atoms with van der Waals surface area (Å²) in [5.41, 5.74) is 0. The van der Waals surface area contributed by atoms with Crippen LogP contribution in [0.1, 0.15) is 53.9 Å². The van der Waals surface area contributed by atoms with Crippen LogP contribution < -0.4 is 5.32 Å². The predicted molar refractivity (Wildman–Crippen MR) is 73.9 cm³/mol. The Morgan fingerprint density at radius 1 is 1.12 bits per heavy atom. The maximum atomic E-state index is 3.55. The highest BCUT2D eigenvalue weighted by atomic mass is 15.1. The predicted octanol–water partition coefficient (Wildman–Crippen LogP) is 3.13. The van der Waals surface area contributed by atoms with Crippen LogP contribution in [0.15, 0.2) is 0 Å². The minimum atomic E-state index is 0.658. The Bertz CT molecular complexity index is 148. The van der Waals surface area contributed by atoms with Gasteiger partial charge in [-0.3, -0.25) is 0 Å². The standard InChI is InChI=1S/C14H32N2/c1-6-10-15-14(5)9-11-16(8-3)12-13(4)7-2/h13-15H,6-12H2,1-5H3. The van der Waals surface area contributed by atoms with Crippen LogP contribution in [0.5, 0.6) is 0 Å². The van der Waals surface area contributed by atoms with Gasteiger partial charge in [-0.15, -0.1) is 0 Å². The van der Waals surface area contributed by atoms with E-state index in [-0.39, 0.29) is 0 Å². The fraction of sp³-hybridized carbons (Fsp3) is 1.00. The lowest BCUT2D eigenvalue weighted by molar-refractivity contribution is 0.234. The van der Waals surface area contributed by atoms with Gasteiger partial charge in [-0.2, -0.15) is 0 Å². The molecule has 0 aromatic heterocycles. The molecule has 0 aromatic carbocycles. The van der Waals surface area contributed by atoms with Crippen molar-refractivity contribution in [1.82, 2.24) is 10.2 Å². The first-order valence-corrected chi connectivity index (χ1v) is 7.09. The van der Waals surface area contributed by atoms with Gasteiger partial charge in [0.15, 0.2) is 0 Å². The van der Waals surface area contributed by atoms with E-state index < -0.39 is 0 Å². The zero-order valence-electron chi connectivity index (χ0n) is 12.1. The van der Waals surface area contributed by atoms with E-state index >= 15 is 0 Å². The monoisotopic (exact) mass is 228 g/mol. The summed E-state index contributed by atoms with van der Waals surface area (Å²) in [5, 5.41) is 3.55. The molecule has 16 heavy (non-hydrogen) atoms. The highest BCUT2D eigenvalue weighted by Crippen LogP contribution is 2.05. The maximum Gasteiger partial charge on any atom is 0.00508 e. The van der Waals surface area contributed by atoms with E-state index in [0.29, 0.717) is 6.04 Å². The normalized spacial score (nSPS) is 15.4. The van der Waals surface area contributed by atoms with Crippen molar-refractivity contribution in [2.75, 3.05) is 26.2 Å². The molecule has 2 nitrogen and oxygen atoms in total. The van der Waals surface area contributed by atoms with Crippen LogP contribution in [0.2, 0.25) is 0 Å². The molecule has 0 spiro atoms. The van der Waals surface area contributed by atoms with Crippen molar-refractivity contribution in [3.63, 3.8) is 0 Å². The van der Waals surface area contributed by atoms with Gasteiger partial charge < -0.3 is 10.2 Å². The van der Waals surface area contributed by atoms with Crippen molar-refractivity contribution in [2.45, 2.75) is 59.9 Å². The summed E-state index contributed by atoms with van der Waals surface area (Å²) in [7, 11) is 0. The van der Waals surface area contributed by atoms with E-state index in [2.05, 4.69) is 44.8 Å². The molecular weight excluding hydrogens is 196 g/mol. The molecule has 0 aliphatic heterocycles. The first kappa shape index (κ1) is 15.9. The van der Waals surface area contributed by atoms with E-state index in [1.54, 1.807) is 0 Å². The minimum absolute atomic E-state index is 0.658. The molecule has 0 amide bonds. The third-order valence-corrected chi connectivity index (χ3v) is 3.34. The first-order chi connectivity index (χ1) is 7.63. The highest BCUT2D eigenvalue weighted by Gasteiger charge is 2.08. The minimum Gasteiger partial charge on any atom is -0.314 e. The summed E-state index contributed by atoms with van der Waals surface area (Å²) in [4.78, 5) is 2.58. The van der Waals surface area contributed by atoms with E-state index in [1.807, 2.05) is 0 Å². The van der Waals surface area contributed by atoms with Crippen LogP contribution in [0, 0.1) is 5.92 Å². The summed E-state index contributed by atoms with van der Waals surface area (Å²) >= 11 is 0. The third kappa shape index (κ3) is 8.12. The molecule has 0 aliphatic rings. The SMILES string of the molecule is CCCNC(C)CCN(CC)CC(C)CC. The topological polar surface area (TPSA) is 15.3 Å². The molecule has 0 aliphatic carbocycles. The molecule has 2 heteroatoms. The highest BCUT2D eigenvalue weighted by molar-refractivity contribution is 4.66. The van der Waals surface area contributed by atoms with Gasteiger partial charge in [0.25, 0.3) is 0 Å². The fourth-order valence-electron chi connectivity index (χ4n) is 1.82. The Kier molecular flexibility index (Phi) is 10.0. The summed E-state index contributed by atoms with van der Waals surface area (Å²) in [5.74, 6) is 0.832. The number of rotatable bonds is 10. The average Bonchev–Trinajstić information content (AvgIpc) is 2.31. The molecule has 0 aromatic rings. The Labute approximate surface area is 103 Å². The van der Waals surface area contributed by atoms with Gasteiger partial charge in [-0.05, 0) is 45.3 Å².